The largest absolute Gasteiger partial charge is 0.352 e. The summed E-state index contributed by atoms with van der Waals surface area (Å²) in [4.78, 5) is 25.3. The minimum Gasteiger partial charge on any atom is -0.352 e. The van der Waals surface area contributed by atoms with E-state index in [9.17, 15) is 14.0 Å². The fraction of sp³-hybridized carbons (Fsp3) is 0.455. The van der Waals surface area contributed by atoms with Gasteiger partial charge in [0.1, 0.15) is 5.82 Å². The maximum absolute atomic E-state index is 14.2. The molecule has 1 unspecified atom stereocenters. The Kier molecular flexibility index (Phi) is 5.31. The van der Waals surface area contributed by atoms with E-state index in [4.69, 9.17) is 0 Å². The molecule has 2 N–H and O–H groups in total. The molecule has 1 aliphatic heterocycles. The van der Waals surface area contributed by atoms with Crippen LogP contribution in [0.3, 0.4) is 0 Å². The third kappa shape index (κ3) is 3.61. The average molecular weight is 383 g/mol. The number of amides is 1. The lowest BCUT2D eigenvalue weighted by Crippen LogP contribution is -2.37. The van der Waals surface area contributed by atoms with Crippen LogP contribution in [0.15, 0.2) is 24.3 Å². The minimum atomic E-state index is -0.250. The quantitative estimate of drug-likeness (QED) is 0.834. The first-order chi connectivity index (χ1) is 13.5. The van der Waals surface area contributed by atoms with Gasteiger partial charge in [-0.3, -0.25) is 9.59 Å². The molecule has 1 aromatic carbocycles. The molecule has 1 aliphatic carbocycles. The molecule has 6 heteroatoms. The summed E-state index contributed by atoms with van der Waals surface area (Å²) in [6.07, 6.45) is 3.21. The molecule has 1 fully saturated rings. The van der Waals surface area contributed by atoms with Gasteiger partial charge < -0.3 is 15.2 Å². The van der Waals surface area contributed by atoms with Crippen LogP contribution < -0.4 is 10.6 Å². The SMILES string of the molecule is Cc1c(CC(=O)NC2CCNC2)c2c(n1Cc1ccccc1F)CCCC2=O. The first-order valence-electron chi connectivity index (χ1n) is 10.0. The van der Waals surface area contributed by atoms with E-state index >= 15 is 0 Å². The predicted molar refractivity (Wildman–Crippen MR) is 105 cm³/mol. The highest BCUT2D eigenvalue weighted by atomic mass is 19.1. The molecule has 148 valence electrons. The molecule has 2 aromatic rings. The number of benzene rings is 1. The van der Waals surface area contributed by atoms with E-state index in [0.717, 1.165) is 49.3 Å². The van der Waals surface area contributed by atoms with E-state index in [2.05, 4.69) is 10.6 Å². The number of carbonyl (C=O) groups is 2. The second kappa shape index (κ2) is 7.87. The third-order valence-electron chi connectivity index (χ3n) is 5.90. The number of Topliss-reactive ketones (excluding diaryl/α,β-unsaturated/α-hetero) is 1. The number of carbonyl (C=O) groups excluding carboxylic acids is 2. The van der Waals surface area contributed by atoms with E-state index in [1.165, 1.54) is 6.07 Å². The molecule has 0 saturated carbocycles. The van der Waals surface area contributed by atoms with Gasteiger partial charge in [-0.2, -0.15) is 0 Å². The molecule has 0 spiro atoms. The third-order valence-corrected chi connectivity index (χ3v) is 5.90. The van der Waals surface area contributed by atoms with Crippen molar-refractivity contribution in [2.75, 3.05) is 13.1 Å². The van der Waals surface area contributed by atoms with Gasteiger partial charge in [-0.25, -0.2) is 4.39 Å². The minimum absolute atomic E-state index is 0.0546. The normalized spacial score (nSPS) is 18.9. The summed E-state index contributed by atoms with van der Waals surface area (Å²) in [6.45, 7) is 4.02. The fourth-order valence-corrected chi connectivity index (χ4v) is 4.43. The zero-order valence-electron chi connectivity index (χ0n) is 16.2. The Labute approximate surface area is 164 Å². The van der Waals surface area contributed by atoms with E-state index in [-0.39, 0.29) is 30.0 Å². The molecular formula is C22H26FN3O2. The molecule has 4 rings (SSSR count). The van der Waals surface area contributed by atoms with Crippen molar-refractivity contribution in [2.24, 2.45) is 0 Å². The molecule has 0 radical (unpaired) electrons. The van der Waals surface area contributed by atoms with Gasteiger partial charge >= 0.3 is 0 Å². The van der Waals surface area contributed by atoms with Crippen molar-refractivity contribution in [1.29, 1.82) is 0 Å². The Hall–Kier alpha value is -2.47. The molecule has 28 heavy (non-hydrogen) atoms. The van der Waals surface area contributed by atoms with E-state index < -0.39 is 0 Å². The van der Waals surface area contributed by atoms with Gasteiger partial charge in [-0.15, -0.1) is 0 Å². The Morgan fingerprint density at radius 2 is 2.14 bits per heavy atom. The Morgan fingerprint density at radius 1 is 1.32 bits per heavy atom. The van der Waals surface area contributed by atoms with Crippen molar-refractivity contribution in [3.63, 3.8) is 0 Å². The molecule has 0 bridgehead atoms. The van der Waals surface area contributed by atoms with Crippen LogP contribution in [0.25, 0.3) is 0 Å². The number of aromatic nitrogens is 1. The second-order valence-electron chi connectivity index (χ2n) is 7.77. The highest BCUT2D eigenvalue weighted by molar-refractivity contribution is 6.01. The van der Waals surface area contributed by atoms with Gasteiger partial charge in [-0.05, 0) is 44.4 Å². The van der Waals surface area contributed by atoms with Gasteiger partial charge in [0.05, 0.1) is 13.0 Å². The first kappa shape index (κ1) is 18.9. The monoisotopic (exact) mass is 383 g/mol. The summed E-state index contributed by atoms with van der Waals surface area (Å²) < 4.78 is 16.2. The summed E-state index contributed by atoms with van der Waals surface area (Å²) in [5.74, 6) is -0.206. The summed E-state index contributed by atoms with van der Waals surface area (Å²) >= 11 is 0. The van der Waals surface area contributed by atoms with Crippen molar-refractivity contribution in [2.45, 2.75) is 51.6 Å². The van der Waals surface area contributed by atoms with Gasteiger partial charge in [0, 0.05) is 41.5 Å². The van der Waals surface area contributed by atoms with Gasteiger partial charge in [0.2, 0.25) is 5.91 Å². The van der Waals surface area contributed by atoms with Crippen molar-refractivity contribution in [3.05, 3.63) is 58.2 Å². The zero-order chi connectivity index (χ0) is 19.7. The maximum atomic E-state index is 14.2. The zero-order valence-corrected chi connectivity index (χ0v) is 16.2. The highest BCUT2D eigenvalue weighted by Crippen LogP contribution is 2.31. The number of ketones is 1. The average Bonchev–Trinajstić information content (AvgIpc) is 3.26. The number of fused-ring (bicyclic) bond motifs is 1. The van der Waals surface area contributed by atoms with Crippen LogP contribution in [0.1, 0.15) is 52.1 Å². The summed E-state index contributed by atoms with van der Waals surface area (Å²) in [5, 5.41) is 6.30. The Bertz CT molecular complexity index is 913. The Balaban J connectivity index is 1.66. The summed E-state index contributed by atoms with van der Waals surface area (Å²) in [7, 11) is 0. The molecule has 1 saturated heterocycles. The van der Waals surface area contributed by atoms with Crippen LogP contribution >= 0.6 is 0 Å². The van der Waals surface area contributed by atoms with Crippen LogP contribution in [-0.2, 0) is 24.2 Å². The van der Waals surface area contributed by atoms with E-state index in [1.807, 2.05) is 17.6 Å². The summed E-state index contributed by atoms with van der Waals surface area (Å²) in [6, 6.07) is 6.87. The van der Waals surface area contributed by atoms with E-state index in [1.54, 1.807) is 12.1 Å². The molecular weight excluding hydrogens is 357 g/mol. The van der Waals surface area contributed by atoms with Crippen LogP contribution in [-0.4, -0.2) is 35.4 Å². The molecule has 1 aromatic heterocycles. The lowest BCUT2D eigenvalue weighted by molar-refractivity contribution is -0.121. The van der Waals surface area contributed by atoms with Crippen LogP contribution in [0.2, 0.25) is 0 Å². The molecule has 5 nitrogen and oxygen atoms in total. The van der Waals surface area contributed by atoms with Gasteiger partial charge in [0.25, 0.3) is 0 Å². The van der Waals surface area contributed by atoms with Crippen molar-refractivity contribution in [3.8, 4) is 0 Å². The van der Waals surface area contributed by atoms with Crippen LogP contribution in [0.4, 0.5) is 4.39 Å². The van der Waals surface area contributed by atoms with Gasteiger partial charge in [-0.1, -0.05) is 18.2 Å². The standard InChI is InChI=1S/C22H26FN3O2/c1-14-17(11-21(28)25-16-9-10-24-12-16)22-19(7-4-8-20(22)27)26(14)13-15-5-2-3-6-18(15)23/h2-3,5-6,16,24H,4,7-13H2,1H3,(H,25,28). The number of hydrogen-bond acceptors (Lipinski definition) is 3. The van der Waals surface area contributed by atoms with Gasteiger partial charge in [0.15, 0.2) is 5.78 Å². The van der Waals surface area contributed by atoms with Crippen molar-refractivity contribution in [1.82, 2.24) is 15.2 Å². The Morgan fingerprint density at radius 3 is 2.89 bits per heavy atom. The fourth-order valence-electron chi connectivity index (χ4n) is 4.43. The van der Waals surface area contributed by atoms with Crippen molar-refractivity contribution >= 4 is 11.7 Å². The lowest BCUT2D eigenvalue weighted by Gasteiger charge is -2.16. The first-order valence-corrected chi connectivity index (χ1v) is 10.0. The smallest absolute Gasteiger partial charge is 0.224 e. The predicted octanol–water partition coefficient (Wildman–Crippen LogP) is 2.52. The van der Waals surface area contributed by atoms with E-state index in [0.29, 0.717) is 24.1 Å². The van der Waals surface area contributed by atoms with Crippen molar-refractivity contribution < 1.29 is 14.0 Å². The lowest BCUT2D eigenvalue weighted by atomic mass is 9.92. The maximum Gasteiger partial charge on any atom is 0.224 e. The molecule has 1 atom stereocenters. The number of rotatable bonds is 5. The number of hydrogen-bond donors (Lipinski definition) is 2. The van der Waals surface area contributed by atoms with Crippen LogP contribution in [0.5, 0.6) is 0 Å². The second-order valence-corrected chi connectivity index (χ2v) is 7.77. The molecule has 1 amide bonds. The summed E-state index contributed by atoms with van der Waals surface area (Å²) in [5.41, 5.74) is 3.93. The van der Waals surface area contributed by atoms with Crippen LogP contribution in [0, 0.1) is 12.7 Å². The number of nitrogens with zero attached hydrogens (tertiary/aromatic N) is 1. The number of nitrogens with one attached hydrogen (secondary N) is 2. The topological polar surface area (TPSA) is 63.1 Å². The molecule has 2 heterocycles. The molecule has 2 aliphatic rings. The number of halogens is 1. The highest BCUT2D eigenvalue weighted by Gasteiger charge is 2.29.